The van der Waals surface area contributed by atoms with Gasteiger partial charge in [-0.2, -0.15) is 5.26 Å². The van der Waals surface area contributed by atoms with Crippen LogP contribution < -0.4 is 4.74 Å². The minimum atomic E-state index is -0.300. The van der Waals surface area contributed by atoms with E-state index in [2.05, 4.69) is 28.7 Å². The number of ether oxygens (including phenoxy) is 2. The van der Waals surface area contributed by atoms with Crippen LogP contribution in [0.25, 0.3) is 0 Å². The molecule has 5 heteroatoms. The van der Waals surface area contributed by atoms with E-state index in [0.717, 1.165) is 9.13 Å². The summed E-state index contributed by atoms with van der Waals surface area (Å²) in [6.45, 7) is 2.12. The van der Waals surface area contributed by atoms with Crippen molar-refractivity contribution in [3.63, 3.8) is 0 Å². The van der Waals surface area contributed by atoms with E-state index in [-0.39, 0.29) is 12.4 Å². The number of rotatable bonds is 4. The Bertz CT molecular complexity index is 466. The molecule has 0 heterocycles. The predicted molar refractivity (Wildman–Crippen MR) is 70.8 cm³/mol. The first-order valence-corrected chi connectivity index (χ1v) is 6.12. The highest BCUT2D eigenvalue weighted by atomic mass is 127. The lowest BCUT2D eigenvalue weighted by Crippen LogP contribution is -2.09. The summed E-state index contributed by atoms with van der Waals surface area (Å²) in [6.07, 6.45) is 0.152. The maximum absolute atomic E-state index is 11.4. The molecular formula is C12H12INO3. The van der Waals surface area contributed by atoms with E-state index >= 15 is 0 Å². The molecule has 1 aromatic carbocycles. The van der Waals surface area contributed by atoms with Crippen LogP contribution in [-0.4, -0.2) is 19.7 Å². The molecule has 17 heavy (non-hydrogen) atoms. The van der Waals surface area contributed by atoms with Crippen molar-refractivity contribution < 1.29 is 14.3 Å². The van der Waals surface area contributed by atoms with Crippen LogP contribution in [-0.2, 0) is 16.0 Å². The second-order valence-electron chi connectivity index (χ2n) is 3.24. The largest absolute Gasteiger partial charge is 0.496 e. The zero-order valence-corrected chi connectivity index (χ0v) is 11.8. The van der Waals surface area contributed by atoms with Gasteiger partial charge in [0, 0.05) is 9.13 Å². The minimum Gasteiger partial charge on any atom is -0.496 e. The van der Waals surface area contributed by atoms with Crippen LogP contribution in [0.5, 0.6) is 5.75 Å². The molecule has 0 spiro atoms. The van der Waals surface area contributed by atoms with Crippen LogP contribution in [0, 0.1) is 14.9 Å². The summed E-state index contributed by atoms with van der Waals surface area (Å²) in [7, 11) is 1.51. The fraction of sp³-hybridized carbons (Fsp3) is 0.333. The predicted octanol–water partition coefficient (Wildman–Crippen LogP) is 2.28. The molecule has 4 nitrogen and oxygen atoms in total. The fourth-order valence-electron chi connectivity index (χ4n) is 1.38. The Morgan fingerprint density at radius 2 is 2.24 bits per heavy atom. The molecule has 0 aliphatic carbocycles. The van der Waals surface area contributed by atoms with E-state index in [1.165, 1.54) is 7.11 Å². The third kappa shape index (κ3) is 3.60. The molecule has 0 amide bonds. The molecule has 90 valence electrons. The first-order chi connectivity index (χ1) is 8.12. The maximum atomic E-state index is 11.4. The smallest absolute Gasteiger partial charge is 0.310 e. The summed E-state index contributed by atoms with van der Waals surface area (Å²) in [5.41, 5.74) is 1.27. The molecule has 0 bridgehead atoms. The Hall–Kier alpha value is -1.29. The van der Waals surface area contributed by atoms with Gasteiger partial charge in [0.25, 0.3) is 0 Å². The molecule has 0 unspecified atom stereocenters. The van der Waals surface area contributed by atoms with Gasteiger partial charge in [0.15, 0.2) is 0 Å². The number of nitriles is 1. The standard InChI is InChI=1S/C12H12INO3/c1-3-17-12(15)6-8-4-10(13)9(7-14)5-11(8)16-2/h4-5H,3,6H2,1-2H3. The number of benzene rings is 1. The van der Waals surface area contributed by atoms with E-state index in [4.69, 9.17) is 14.7 Å². The Morgan fingerprint density at radius 1 is 1.53 bits per heavy atom. The van der Waals surface area contributed by atoms with Crippen LogP contribution in [0.4, 0.5) is 0 Å². The topological polar surface area (TPSA) is 59.3 Å². The second-order valence-corrected chi connectivity index (χ2v) is 4.40. The number of carbonyl (C=O) groups is 1. The van der Waals surface area contributed by atoms with Crippen molar-refractivity contribution in [3.05, 3.63) is 26.8 Å². The van der Waals surface area contributed by atoms with Gasteiger partial charge in [-0.05, 0) is 41.6 Å². The fourth-order valence-corrected chi connectivity index (χ4v) is 2.03. The Morgan fingerprint density at radius 3 is 2.76 bits per heavy atom. The average molecular weight is 345 g/mol. The summed E-state index contributed by atoms with van der Waals surface area (Å²) in [5.74, 6) is 0.237. The zero-order valence-electron chi connectivity index (χ0n) is 9.62. The molecule has 0 radical (unpaired) electrons. The van der Waals surface area contributed by atoms with Crippen molar-refractivity contribution in [3.8, 4) is 11.8 Å². The molecule has 1 rings (SSSR count). The van der Waals surface area contributed by atoms with E-state index in [1.54, 1.807) is 19.1 Å². The van der Waals surface area contributed by atoms with Crippen molar-refractivity contribution in [2.45, 2.75) is 13.3 Å². The summed E-state index contributed by atoms with van der Waals surface area (Å²) in [6, 6.07) is 5.48. The van der Waals surface area contributed by atoms with Crippen LogP contribution in [0.2, 0.25) is 0 Å². The van der Waals surface area contributed by atoms with Gasteiger partial charge in [-0.3, -0.25) is 4.79 Å². The third-order valence-electron chi connectivity index (χ3n) is 2.13. The number of halogens is 1. The Kier molecular flexibility index (Phi) is 5.22. The van der Waals surface area contributed by atoms with Crippen molar-refractivity contribution >= 4 is 28.6 Å². The lowest BCUT2D eigenvalue weighted by Gasteiger charge is -2.09. The number of carbonyl (C=O) groups excluding carboxylic acids is 1. The van der Waals surface area contributed by atoms with Gasteiger partial charge in [-0.25, -0.2) is 0 Å². The minimum absolute atomic E-state index is 0.152. The molecule has 0 aliphatic heterocycles. The first kappa shape index (κ1) is 13.8. The van der Waals surface area contributed by atoms with Crippen molar-refractivity contribution in [1.82, 2.24) is 0 Å². The first-order valence-electron chi connectivity index (χ1n) is 5.04. The van der Waals surface area contributed by atoms with E-state index in [1.807, 2.05) is 0 Å². The Labute approximate surface area is 114 Å². The van der Waals surface area contributed by atoms with Crippen molar-refractivity contribution in [2.24, 2.45) is 0 Å². The average Bonchev–Trinajstić information content (AvgIpc) is 2.29. The lowest BCUT2D eigenvalue weighted by molar-refractivity contribution is -0.142. The van der Waals surface area contributed by atoms with E-state index in [9.17, 15) is 4.79 Å². The normalized spacial score (nSPS) is 9.53. The van der Waals surface area contributed by atoms with Gasteiger partial charge in [-0.1, -0.05) is 0 Å². The quantitative estimate of drug-likeness (QED) is 0.621. The van der Waals surface area contributed by atoms with Crippen LogP contribution >= 0.6 is 22.6 Å². The number of hydrogen-bond acceptors (Lipinski definition) is 4. The van der Waals surface area contributed by atoms with Crippen LogP contribution in [0.3, 0.4) is 0 Å². The molecular weight excluding hydrogens is 333 g/mol. The highest BCUT2D eigenvalue weighted by Crippen LogP contribution is 2.25. The molecule has 0 saturated heterocycles. The summed E-state index contributed by atoms with van der Waals surface area (Å²) in [5, 5.41) is 8.89. The van der Waals surface area contributed by atoms with Gasteiger partial charge in [0.1, 0.15) is 11.8 Å². The molecule has 0 aromatic heterocycles. The molecule has 0 fully saturated rings. The van der Waals surface area contributed by atoms with Crippen molar-refractivity contribution in [2.75, 3.05) is 13.7 Å². The monoisotopic (exact) mass is 345 g/mol. The number of hydrogen-bond donors (Lipinski definition) is 0. The summed E-state index contributed by atoms with van der Waals surface area (Å²) < 4.78 is 10.8. The van der Waals surface area contributed by atoms with Crippen molar-refractivity contribution in [1.29, 1.82) is 5.26 Å². The number of methoxy groups -OCH3 is 1. The van der Waals surface area contributed by atoms with Crippen LogP contribution in [0.1, 0.15) is 18.1 Å². The molecule has 0 saturated carbocycles. The maximum Gasteiger partial charge on any atom is 0.310 e. The van der Waals surface area contributed by atoms with E-state index in [0.29, 0.717) is 17.9 Å². The zero-order chi connectivity index (χ0) is 12.8. The second kappa shape index (κ2) is 6.45. The van der Waals surface area contributed by atoms with Gasteiger partial charge < -0.3 is 9.47 Å². The lowest BCUT2D eigenvalue weighted by atomic mass is 10.1. The number of nitrogens with zero attached hydrogens (tertiary/aromatic N) is 1. The molecule has 1 aromatic rings. The SMILES string of the molecule is CCOC(=O)Cc1cc(I)c(C#N)cc1OC. The molecule has 0 N–H and O–H groups in total. The summed E-state index contributed by atoms with van der Waals surface area (Å²) >= 11 is 2.06. The van der Waals surface area contributed by atoms with Gasteiger partial charge in [-0.15, -0.1) is 0 Å². The van der Waals surface area contributed by atoms with Crippen LogP contribution in [0.15, 0.2) is 12.1 Å². The molecule has 0 aliphatic rings. The highest BCUT2D eigenvalue weighted by molar-refractivity contribution is 14.1. The van der Waals surface area contributed by atoms with Gasteiger partial charge in [0.05, 0.1) is 25.7 Å². The van der Waals surface area contributed by atoms with E-state index < -0.39 is 0 Å². The van der Waals surface area contributed by atoms with Gasteiger partial charge >= 0.3 is 5.97 Å². The summed E-state index contributed by atoms with van der Waals surface area (Å²) in [4.78, 5) is 11.4. The Balaban J connectivity index is 3.03. The number of esters is 1. The third-order valence-corrected chi connectivity index (χ3v) is 3.02. The van der Waals surface area contributed by atoms with Gasteiger partial charge in [0.2, 0.25) is 0 Å². The highest BCUT2D eigenvalue weighted by Gasteiger charge is 2.12. The molecule has 0 atom stereocenters.